The van der Waals surface area contributed by atoms with Gasteiger partial charge in [0.15, 0.2) is 0 Å². The Bertz CT molecular complexity index is 504. The summed E-state index contributed by atoms with van der Waals surface area (Å²) in [4.78, 5) is 12.6. The molecule has 0 spiro atoms. The van der Waals surface area contributed by atoms with Crippen LogP contribution in [0.2, 0.25) is 0 Å². The number of hydrogen-bond donors (Lipinski definition) is 1. The van der Waals surface area contributed by atoms with E-state index in [1.54, 1.807) is 12.1 Å². The Morgan fingerprint density at radius 3 is 2.76 bits per heavy atom. The summed E-state index contributed by atoms with van der Waals surface area (Å²) < 4.78 is 41.0. The summed E-state index contributed by atoms with van der Waals surface area (Å²) in [5.41, 5.74) is 0.450. The number of halogens is 3. The fourth-order valence-corrected chi connectivity index (χ4v) is 2.57. The van der Waals surface area contributed by atoms with Crippen molar-refractivity contribution in [3.8, 4) is 5.75 Å². The lowest BCUT2D eigenvalue weighted by Gasteiger charge is -2.19. The first-order chi connectivity index (χ1) is 9.83. The summed E-state index contributed by atoms with van der Waals surface area (Å²) in [5.74, 6) is -0.993. The van der Waals surface area contributed by atoms with Crippen LogP contribution in [0.25, 0.3) is 0 Å². The Kier molecular flexibility index (Phi) is 4.72. The minimum absolute atomic E-state index is 0.0539. The molecule has 0 aromatic heterocycles. The third-order valence-electron chi connectivity index (χ3n) is 3.43. The first-order valence-electron chi connectivity index (χ1n) is 6.61. The number of carbonyl (C=O) groups is 1. The highest BCUT2D eigenvalue weighted by atomic mass is 19.4. The fraction of sp³-hybridized carbons (Fsp3) is 0.500. The van der Waals surface area contributed by atoms with Gasteiger partial charge < -0.3 is 9.84 Å². The van der Waals surface area contributed by atoms with Gasteiger partial charge >= 0.3 is 12.3 Å². The number of carboxylic acids is 1. The van der Waals surface area contributed by atoms with Crippen LogP contribution in [-0.4, -0.2) is 35.4 Å². The number of rotatable bonds is 5. The van der Waals surface area contributed by atoms with Gasteiger partial charge in [-0.15, -0.1) is 13.2 Å². The minimum Gasteiger partial charge on any atom is -0.481 e. The molecule has 0 saturated carbocycles. The van der Waals surface area contributed by atoms with Gasteiger partial charge in [-0.2, -0.15) is 0 Å². The van der Waals surface area contributed by atoms with Crippen LogP contribution in [-0.2, 0) is 11.3 Å². The van der Waals surface area contributed by atoms with E-state index in [4.69, 9.17) is 5.11 Å². The normalized spacial score (nSPS) is 19.7. The van der Waals surface area contributed by atoms with Gasteiger partial charge in [0, 0.05) is 25.1 Å². The standard InChI is InChI=1S/C14H16F3NO3/c15-14(16,17)21-12-4-2-1-3-11(12)9-18-6-5-10(8-18)7-13(19)20/h1-4,10H,5-9H2,(H,19,20). The predicted molar refractivity (Wildman–Crippen MR) is 68.8 cm³/mol. The van der Waals surface area contributed by atoms with Crippen LogP contribution in [0.3, 0.4) is 0 Å². The lowest BCUT2D eigenvalue weighted by Crippen LogP contribution is -2.23. The average molecular weight is 303 g/mol. The van der Waals surface area contributed by atoms with Crippen LogP contribution >= 0.6 is 0 Å². The molecule has 21 heavy (non-hydrogen) atoms. The Labute approximate surface area is 120 Å². The highest BCUT2D eigenvalue weighted by Crippen LogP contribution is 2.29. The van der Waals surface area contributed by atoms with E-state index in [9.17, 15) is 18.0 Å². The number of likely N-dealkylation sites (tertiary alicyclic amines) is 1. The van der Waals surface area contributed by atoms with Crippen LogP contribution in [0.1, 0.15) is 18.4 Å². The number of alkyl halides is 3. The maximum absolute atomic E-state index is 12.3. The zero-order valence-corrected chi connectivity index (χ0v) is 11.3. The molecule has 1 aliphatic heterocycles. The van der Waals surface area contributed by atoms with Crippen LogP contribution < -0.4 is 4.74 Å². The van der Waals surface area contributed by atoms with Crippen molar-refractivity contribution in [1.82, 2.24) is 4.90 Å². The van der Waals surface area contributed by atoms with E-state index >= 15 is 0 Å². The quantitative estimate of drug-likeness (QED) is 0.908. The number of aliphatic carboxylic acids is 1. The summed E-state index contributed by atoms with van der Waals surface area (Å²) in [6.45, 7) is 1.58. The molecule has 0 radical (unpaired) electrons. The van der Waals surface area contributed by atoms with E-state index < -0.39 is 12.3 Å². The van der Waals surface area contributed by atoms with Gasteiger partial charge in [0.1, 0.15) is 5.75 Å². The summed E-state index contributed by atoms with van der Waals surface area (Å²) in [6, 6.07) is 6.02. The average Bonchev–Trinajstić information content (AvgIpc) is 2.76. The maximum atomic E-state index is 12.3. The van der Waals surface area contributed by atoms with Gasteiger partial charge in [-0.05, 0) is 24.9 Å². The largest absolute Gasteiger partial charge is 0.573 e. The van der Waals surface area contributed by atoms with Crippen molar-refractivity contribution >= 4 is 5.97 Å². The Hall–Kier alpha value is -1.76. The van der Waals surface area contributed by atoms with Crippen LogP contribution in [0.4, 0.5) is 13.2 Å². The predicted octanol–water partition coefficient (Wildman–Crippen LogP) is 2.88. The third-order valence-corrected chi connectivity index (χ3v) is 3.43. The van der Waals surface area contributed by atoms with E-state index in [0.29, 0.717) is 25.2 Å². The maximum Gasteiger partial charge on any atom is 0.573 e. The Morgan fingerprint density at radius 1 is 1.38 bits per heavy atom. The molecule has 1 heterocycles. The summed E-state index contributed by atoms with van der Waals surface area (Å²) in [6.07, 6.45) is -3.88. The smallest absolute Gasteiger partial charge is 0.481 e. The molecule has 7 heteroatoms. The highest BCUT2D eigenvalue weighted by molar-refractivity contribution is 5.67. The first-order valence-corrected chi connectivity index (χ1v) is 6.61. The molecule has 0 aliphatic carbocycles. The monoisotopic (exact) mass is 303 g/mol. The zero-order valence-electron chi connectivity index (χ0n) is 11.3. The molecular weight excluding hydrogens is 287 g/mol. The lowest BCUT2D eigenvalue weighted by molar-refractivity contribution is -0.275. The number of ether oxygens (including phenoxy) is 1. The van der Waals surface area contributed by atoms with Gasteiger partial charge in [-0.1, -0.05) is 18.2 Å². The van der Waals surface area contributed by atoms with Gasteiger partial charge in [0.25, 0.3) is 0 Å². The van der Waals surface area contributed by atoms with Crippen molar-refractivity contribution in [1.29, 1.82) is 0 Å². The fourth-order valence-electron chi connectivity index (χ4n) is 2.57. The molecule has 1 saturated heterocycles. The molecule has 1 atom stereocenters. The summed E-state index contributed by atoms with van der Waals surface area (Å²) in [5, 5.41) is 8.76. The molecule has 1 fully saturated rings. The van der Waals surface area contributed by atoms with Gasteiger partial charge in [0.05, 0.1) is 0 Å². The highest BCUT2D eigenvalue weighted by Gasteiger charge is 2.32. The van der Waals surface area contributed by atoms with E-state index in [1.165, 1.54) is 12.1 Å². The van der Waals surface area contributed by atoms with E-state index in [0.717, 1.165) is 6.42 Å². The molecule has 1 unspecified atom stereocenters. The van der Waals surface area contributed by atoms with Gasteiger partial charge in [0.2, 0.25) is 0 Å². The van der Waals surface area contributed by atoms with Crippen molar-refractivity contribution in [3.63, 3.8) is 0 Å². The van der Waals surface area contributed by atoms with Crippen molar-refractivity contribution in [2.75, 3.05) is 13.1 Å². The number of para-hydroxylation sites is 1. The topological polar surface area (TPSA) is 49.8 Å². The second kappa shape index (κ2) is 6.34. The number of hydrogen-bond acceptors (Lipinski definition) is 3. The molecule has 1 N–H and O–H groups in total. The van der Waals surface area contributed by atoms with Crippen LogP contribution in [0, 0.1) is 5.92 Å². The van der Waals surface area contributed by atoms with E-state index in [1.807, 2.05) is 4.90 Å². The molecule has 2 rings (SSSR count). The van der Waals surface area contributed by atoms with Crippen LogP contribution in [0.15, 0.2) is 24.3 Å². The van der Waals surface area contributed by atoms with Crippen molar-refractivity contribution in [2.24, 2.45) is 5.92 Å². The molecule has 0 bridgehead atoms. The van der Waals surface area contributed by atoms with Crippen molar-refractivity contribution in [2.45, 2.75) is 25.7 Å². The lowest BCUT2D eigenvalue weighted by atomic mass is 10.1. The minimum atomic E-state index is -4.72. The number of benzene rings is 1. The molecule has 1 aromatic rings. The molecule has 0 amide bonds. The molecule has 116 valence electrons. The molecule has 1 aliphatic rings. The molecule has 4 nitrogen and oxygen atoms in total. The second-order valence-electron chi connectivity index (χ2n) is 5.14. The number of nitrogens with zero attached hydrogens (tertiary/aromatic N) is 1. The van der Waals surface area contributed by atoms with Crippen molar-refractivity contribution in [3.05, 3.63) is 29.8 Å². The summed E-state index contributed by atoms with van der Waals surface area (Å²) in [7, 11) is 0. The SMILES string of the molecule is O=C(O)CC1CCN(Cc2ccccc2OC(F)(F)F)C1. The third kappa shape index (κ3) is 4.93. The van der Waals surface area contributed by atoms with Gasteiger partial charge in [-0.3, -0.25) is 9.69 Å². The van der Waals surface area contributed by atoms with Crippen LogP contribution in [0.5, 0.6) is 5.75 Å². The number of carboxylic acid groups (broad SMARTS) is 1. The Morgan fingerprint density at radius 2 is 2.10 bits per heavy atom. The zero-order chi connectivity index (χ0) is 15.5. The molecular formula is C14H16F3NO3. The second-order valence-corrected chi connectivity index (χ2v) is 5.14. The van der Waals surface area contributed by atoms with Gasteiger partial charge in [-0.25, -0.2) is 0 Å². The van der Waals surface area contributed by atoms with E-state index in [-0.39, 0.29) is 18.1 Å². The Balaban J connectivity index is 1.99. The summed E-state index contributed by atoms with van der Waals surface area (Å²) >= 11 is 0. The van der Waals surface area contributed by atoms with E-state index in [2.05, 4.69) is 4.74 Å². The first kappa shape index (κ1) is 15.6. The van der Waals surface area contributed by atoms with Crippen molar-refractivity contribution < 1.29 is 27.8 Å². The molecule has 1 aromatic carbocycles.